The van der Waals surface area contributed by atoms with Gasteiger partial charge in [0.2, 0.25) is 16.0 Å². The highest BCUT2D eigenvalue weighted by molar-refractivity contribution is 7.88. The molecular weight excluding hydrogens is 218 g/mol. The van der Waals surface area contributed by atoms with Gasteiger partial charge in [0.05, 0.1) is 6.26 Å². The highest BCUT2D eigenvalue weighted by atomic mass is 32.2. The van der Waals surface area contributed by atoms with E-state index in [1.54, 1.807) is 0 Å². The first-order chi connectivity index (χ1) is 6.99. The quantitative estimate of drug-likeness (QED) is 0.146. The molecule has 0 fully saturated rings. The van der Waals surface area contributed by atoms with Gasteiger partial charge in [0.15, 0.2) is 0 Å². The lowest BCUT2D eigenvalue weighted by Gasteiger charge is -2.08. The smallest absolute Gasteiger partial charge is 0.208 e. The molecule has 0 aliphatic rings. The van der Waals surface area contributed by atoms with Gasteiger partial charge < -0.3 is 5.32 Å². The van der Waals surface area contributed by atoms with E-state index in [4.69, 9.17) is 5.84 Å². The molecule has 0 unspecified atom stereocenters. The molecule has 15 heavy (non-hydrogen) atoms. The van der Waals surface area contributed by atoms with Gasteiger partial charge in [-0.3, -0.25) is 10.4 Å². The molecule has 0 aliphatic carbocycles. The van der Waals surface area contributed by atoms with Gasteiger partial charge in [-0.2, -0.15) is 0 Å². The minimum atomic E-state index is -3.13. The van der Waals surface area contributed by atoms with Crippen LogP contribution >= 0.6 is 0 Å². The predicted octanol–water partition coefficient (Wildman–Crippen LogP) is -1.65. The van der Waals surface area contributed by atoms with E-state index in [2.05, 4.69) is 20.5 Å². The molecule has 0 aromatic rings. The molecule has 0 amide bonds. The van der Waals surface area contributed by atoms with Crippen LogP contribution in [0.15, 0.2) is 4.99 Å². The molecular formula is C7H19N5O2S. The first-order valence-electron chi connectivity index (χ1n) is 4.69. The number of hydrogen-bond donors (Lipinski definition) is 4. The Hall–Kier alpha value is -0.860. The van der Waals surface area contributed by atoms with Crippen LogP contribution in [-0.4, -0.2) is 40.3 Å². The maximum absolute atomic E-state index is 10.7. The van der Waals surface area contributed by atoms with Gasteiger partial charge in [0, 0.05) is 19.6 Å². The second kappa shape index (κ2) is 7.43. The van der Waals surface area contributed by atoms with Crippen molar-refractivity contribution in [2.75, 3.05) is 25.9 Å². The van der Waals surface area contributed by atoms with Crippen LogP contribution in [-0.2, 0) is 10.0 Å². The predicted molar refractivity (Wildman–Crippen MR) is 60.8 cm³/mol. The molecule has 0 heterocycles. The Balaban J connectivity index is 3.73. The molecule has 0 aromatic carbocycles. The van der Waals surface area contributed by atoms with E-state index in [1.165, 1.54) is 0 Å². The van der Waals surface area contributed by atoms with Crippen LogP contribution in [0, 0.1) is 0 Å². The average Bonchev–Trinajstić information content (AvgIpc) is 2.15. The largest absolute Gasteiger partial charge is 0.354 e. The number of nitrogens with zero attached hydrogens (tertiary/aromatic N) is 1. The number of sulfonamides is 1. The van der Waals surface area contributed by atoms with Crippen molar-refractivity contribution in [1.29, 1.82) is 0 Å². The van der Waals surface area contributed by atoms with E-state index in [0.717, 1.165) is 12.7 Å². The van der Waals surface area contributed by atoms with Crippen molar-refractivity contribution in [3.63, 3.8) is 0 Å². The molecule has 0 spiro atoms. The van der Waals surface area contributed by atoms with E-state index in [9.17, 15) is 8.42 Å². The highest BCUT2D eigenvalue weighted by Crippen LogP contribution is 1.77. The Morgan fingerprint density at radius 3 is 2.53 bits per heavy atom. The zero-order valence-corrected chi connectivity index (χ0v) is 9.89. The number of guanidine groups is 1. The van der Waals surface area contributed by atoms with Crippen molar-refractivity contribution in [2.24, 2.45) is 10.8 Å². The maximum Gasteiger partial charge on any atom is 0.208 e. The zero-order chi connectivity index (χ0) is 11.7. The fourth-order valence-corrected chi connectivity index (χ4v) is 1.27. The fraction of sp³-hybridized carbons (Fsp3) is 0.857. The summed E-state index contributed by atoms with van der Waals surface area (Å²) < 4.78 is 23.8. The van der Waals surface area contributed by atoms with Crippen LogP contribution in [0.5, 0.6) is 0 Å². The summed E-state index contributed by atoms with van der Waals surface area (Å²) in [7, 11) is -3.13. The average molecular weight is 237 g/mol. The summed E-state index contributed by atoms with van der Waals surface area (Å²) in [6, 6.07) is 0. The molecule has 5 N–H and O–H groups in total. The summed E-state index contributed by atoms with van der Waals surface area (Å²) >= 11 is 0. The third-order valence-electron chi connectivity index (χ3n) is 1.41. The van der Waals surface area contributed by atoms with Crippen molar-refractivity contribution in [1.82, 2.24) is 15.5 Å². The number of aliphatic imine (C=N–C) groups is 1. The van der Waals surface area contributed by atoms with E-state index >= 15 is 0 Å². The Morgan fingerprint density at radius 1 is 1.40 bits per heavy atom. The summed E-state index contributed by atoms with van der Waals surface area (Å²) in [5.41, 5.74) is 2.40. The lowest BCUT2D eigenvalue weighted by Crippen LogP contribution is -2.44. The first kappa shape index (κ1) is 14.1. The van der Waals surface area contributed by atoms with E-state index in [0.29, 0.717) is 25.6 Å². The monoisotopic (exact) mass is 237 g/mol. The van der Waals surface area contributed by atoms with E-state index < -0.39 is 10.0 Å². The van der Waals surface area contributed by atoms with Crippen LogP contribution in [0.2, 0.25) is 0 Å². The lowest BCUT2D eigenvalue weighted by molar-refractivity contribution is 0.586. The molecule has 90 valence electrons. The topological polar surface area (TPSA) is 109 Å². The van der Waals surface area contributed by atoms with E-state index in [-0.39, 0.29) is 0 Å². The normalized spacial score (nSPS) is 12.6. The summed E-state index contributed by atoms with van der Waals surface area (Å²) in [6.45, 7) is 3.40. The van der Waals surface area contributed by atoms with Gasteiger partial charge in [0.25, 0.3) is 0 Å². The molecule has 0 radical (unpaired) electrons. The fourth-order valence-electron chi connectivity index (χ4n) is 0.794. The highest BCUT2D eigenvalue weighted by Gasteiger charge is 1.99. The minimum Gasteiger partial charge on any atom is -0.354 e. The number of hydrogen-bond acceptors (Lipinski definition) is 4. The number of nitrogens with two attached hydrogens (primary N) is 1. The zero-order valence-electron chi connectivity index (χ0n) is 9.08. The molecule has 8 heteroatoms. The van der Waals surface area contributed by atoms with Gasteiger partial charge in [-0.1, -0.05) is 6.92 Å². The summed E-state index contributed by atoms with van der Waals surface area (Å²) in [6.07, 6.45) is 2.04. The summed E-state index contributed by atoms with van der Waals surface area (Å²) in [4.78, 5) is 4.09. The second-order valence-corrected chi connectivity index (χ2v) is 4.80. The summed E-state index contributed by atoms with van der Waals surface area (Å²) in [5.74, 6) is 5.66. The van der Waals surface area contributed by atoms with Crippen LogP contribution in [0.4, 0.5) is 0 Å². The van der Waals surface area contributed by atoms with Crippen LogP contribution in [0.25, 0.3) is 0 Å². The number of hydrazine groups is 1. The lowest BCUT2D eigenvalue weighted by atomic mass is 10.5. The van der Waals surface area contributed by atoms with Crippen molar-refractivity contribution < 1.29 is 8.42 Å². The van der Waals surface area contributed by atoms with Crippen LogP contribution in [0.3, 0.4) is 0 Å². The van der Waals surface area contributed by atoms with Crippen molar-refractivity contribution in [2.45, 2.75) is 13.3 Å². The number of rotatable bonds is 6. The third-order valence-corrected chi connectivity index (χ3v) is 2.14. The molecule has 0 aromatic heterocycles. The first-order valence-corrected chi connectivity index (χ1v) is 6.58. The Kier molecular flexibility index (Phi) is 7.01. The van der Waals surface area contributed by atoms with Crippen molar-refractivity contribution in [3.05, 3.63) is 0 Å². The Morgan fingerprint density at radius 2 is 2.07 bits per heavy atom. The third kappa shape index (κ3) is 9.44. The standard InChI is InChI=1S/C7H19N5O2S/c1-3-4-9-7(12-8)10-5-6-11-15(2,13)14/h11H,3-6,8H2,1-2H3,(H2,9,10,12). The second-order valence-electron chi connectivity index (χ2n) is 2.97. The van der Waals surface area contributed by atoms with Gasteiger partial charge in [-0.25, -0.2) is 19.0 Å². The van der Waals surface area contributed by atoms with Gasteiger partial charge in [-0.15, -0.1) is 0 Å². The van der Waals surface area contributed by atoms with Gasteiger partial charge in [-0.05, 0) is 6.42 Å². The maximum atomic E-state index is 10.7. The molecule has 0 rings (SSSR count). The molecule has 0 bridgehead atoms. The number of nitrogens with one attached hydrogen (secondary N) is 3. The molecule has 0 saturated heterocycles. The van der Waals surface area contributed by atoms with Gasteiger partial charge in [0.1, 0.15) is 0 Å². The minimum absolute atomic E-state index is 0.297. The molecule has 0 atom stereocenters. The van der Waals surface area contributed by atoms with E-state index in [1.807, 2.05) is 6.92 Å². The molecule has 0 aliphatic heterocycles. The molecule has 0 saturated carbocycles. The summed E-state index contributed by atoms with van der Waals surface area (Å²) in [5, 5.41) is 2.86. The Bertz CT molecular complexity index is 288. The van der Waals surface area contributed by atoms with Gasteiger partial charge >= 0.3 is 0 Å². The van der Waals surface area contributed by atoms with Crippen molar-refractivity contribution in [3.8, 4) is 0 Å². The van der Waals surface area contributed by atoms with Crippen LogP contribution in [0.1, 0.15) is 13.3 Å². The van der Waals surface area contributed by atoms with Crippen molar-refractivity contribution >= 4 is 16.0 Å². The SMILES string of the molecule is CCCN=C(NN)NCCNS(C)(=O)=O. The Labute approximate surface area is 90.5 Å². The van der Waals surface area contributed by atoms with Crippen LogP contribution < -0.4 is 21.3 Å². The molecule has 7 nitrogen and oxygen atoms in total.